The van der Waals surface area contributed by atoms with Crippen LogP contribution in [0.15, 0.2) is 52.2 Å². The van der Waals surface area contributed by atoms with E-state index in [0.29, 0.717) is 55.4 Å². The van der Waals surface area contributed by atoms with Crippen LogP contribution < -0.4 is 15.2 Å². The number of aromatic amines is 1. The summed E-state index contributed by atoms with van der Waals surface area (Å²) in [6.07, 6.45) is 2.79. The molecule has 3 aromatic heterocycles. The van der Waals surface area contributed by atoms with E-state index in [1.807, 2.05) is 29.2 Å². The number of benzene rings is 1. The monoisotopic (exact) mass is 563 g/mol. The van der Waals surface area contributed by atoms with Gasteiger partial charge in [-0.1, -0.05) is 49.1 Å². The first-order valence-electron chi connectivity index (χ1n) is 13.2. The molecule has 1 atom stereocenters. The number of ether oxygens (including phenoxy) is 3. The molecule has 0 aliphatic carbocycles. The number of nitrogens with zero attached hydrogens (tertiary/aromatic N) is 6. The van der Waals surface area contributed by atoms with E-state index in [4.69, 9.17) is 23.7 Å². The molecule has 1 aromatic carbocycles. The summed E-state index contributed by atoms with van der Waals surface area (Å²) in [6.45, 7) is 10.6. The van der Waals surface area contributed by atoms with Gasteiger partial charge in [0.2, 0.25) is 23.4 Å². The van der Waals surface area contributed by atoms with Crippen molar-refractivity contribution in [2.75, 3.05) is 38.0 Å². The standard InChI is InChI=1S/C27H33N7O5Si/c1-18-30-25(33-39-18)20-7-5-19(6-8-20)22-15-34(11-12-37-22)27-31-23(21-9-10-28-16-29-21)24(26(35)32-27)38-17-36-13-14-40(2,3)4/h5-10,16,22H,11-15,17H2,1-4H3,(H,31,32,35)/t22-/m1/s1. The van der Waals surface area contributed by atoms with E-state index >= 15 is 0 Å². The van der Waals surface area contributed by atoms with Crippen molar-refractivity contribution in [1.82, 2.24) is 30.1 Å². The van der Waals surface area contributed by atoms with Crippen LogP contribution in [0.3, 0.4) is 0 Å². The summed E-state index contributed by atoms with van der Waals surface area (Å²) in [5.41, 5.74) is 2.25. The Bertz CT molecular complexity index is 1470. The largest absolute Gasteiger partial charge is 0.459 e. The fourth-order valence-electron chi connectivity index (χ4n) is 4.18. The molecule has 13 heteroatoms. The van der Waals surface area contributed by atoms with Crippen molar-refractivity contribution in [3.8, 4) is 28.5 Å². The first-order chi connectivity index (χ1) is 19.3. The zero-order chi connectivity index (χ0) is 28.1. The third-order valence-corrected chi connectivity index (χ3v) is 8.11. The van der Waals surface area contributed by atoms with Crippen LogP contribution in [0.25, 0.3) is 22.8 Å². The SMILES string of the molecule is Cc1nc(-c2ccc([C@H]3CN(c4nc(-c5ccncn5)c(OCOCC[Si](C)(C)C)c(=O)[nH]4)CCO3)cc2)no1. The molecule has 1 aliphatic rings. The molecule has 0 saturated carbocycles. The van der Waals surface area contributed by atoms with Gasteiger partial charge in [-0.25, -0.2) is 15.0 Å². The normalized spacial score (nSPS) is 15.8. The summed E-state index contributed by atoms with van der Waals surface area (Å²) in [5.74, 6) is 1.53. The summed E-state index contributed by atoms with van der Waals surface area (Å²) in [7, 11) is -1.24. The maximum Gasteiger partial charge on any atom is 0.295 e. The van der Waals surface area contributed by atoms with Gasteiger partial charge in [0.25, 0.3) is 5.56 Å². The van der Waals surface area contributed by atoms with Crippen LogP contribution in [0, 0.1) is 6.92 Å². The number of H-pyrrole nitrogens is 1. The van der Waals surface area contributed by atoms with Crippen LogP contribution in [0.5, 0.6) is 5.75 Å². The Morgan fingerprint density at radius 1 is 1.15 bits per heavy atom. The summed E-state index contributed by atoms with van der Waals surface area (Å²) < 4.78 is 22.6. The van der Waals surface area contributed by atoms with Gasteiger partial charge in [-0.05, 0) is 17.7 Å². The van der Waals surface area contributed by atoms with Crippen LogP contribution in [0.2, 0.25) is 25.7 Å². The van der Waals surface area contributed by atoms with Gasteiger partial charge in [0.1, 0.15) is 18.1 Å². The summed E-state index contributed by atoms with van der Waals surface area (Å²) >= 11 is 0. The van der Waals surface area contributed by atoms with E-state index in [1.165, 1.54) is 6.33 Å². The Kier molecular flexibility index (Phi) is 8.33. The number of rotatable bonds is 10. The molecule has 0 spiro atoms. The average molecular weight is 564 g/mol. The number of hydrogen-bond donors (Lipinski definition) is 1. The zero-order valence-electron chi connectivity index (χ0n) is 23.1. The molecule has 210 valence electrons. The van der Waals surface area contributed by atoms with Crippen molar-refractivity contribution >= 4 is 14.0 Å². The lowest BCUT2D eigenvalue weighted by Crippen LogP contribution is -2.40. The third-order valence-electron chi connectivity index (χ3n) is 6.41. The van der Waals surface area contributed by atoms with Gasteiger partial charge in [-0.3, -0.25) is 9.78 Å². The lowest BCUT2D eigenvalue weighted by atomic mass is 10.1. The summed E-state index contributed by atoms with van der Waals surface area (Å²) in [5, 5.41) is 3.97. The minimum atomic E-state index is -1.24. The van der Waals surface area contributed by atoms with Crippen molar-refractivity contribution < 1.29 is 18.7 Å². The Morgan fingerprint density at radius 3 is 2.67 bits per heavy atom. The Morgan fingerprint density at radius 2 is 1.98 bits per heavy atom. The number of nitrogens with one attached hydrogen (secondary N) is 1. The highest BCUT2D eigenvalue weighted by Gasteiger charge is 2.26. The average Bonchev–Trinajstić information content (AvgIpc) is 3.39. The van der Waals surface area contributed by atoms with Crippen LogP contribution in [0.1, 0.15) is 17.6 Å². The maximum absolute atomic E-state index is 13.2. The van der Waals surface area contributed by atoms with Crippen molar-refractivity contribution in [2.45, 2.75) is 38.7 Å². The van der Waals surface area contributed by atoms with Crippen LogP contribution in [0.4, 0.5) is 5.95 Å². The van der Waals surface area contributed by atoms with E-state index in [1.54, 1.807) is 19.2 Å². The predicted octanol–water partition coefficient (Wildman–Crippen LogP) is 3.85. The summed E-state index contributed by atoms with van der Waals surface area (Å²) in [4.78, 5) is 35.5. The smallest absolute Gasteiger partial charge is 0.295 e. The predicted molar refractivity (Wildman–Crippen MR) is 151 cm³/mol. The fourth-order valence-corrected chi connectivity index (χ4v) is 4.94. The lowest BCUT2D eigenvalue weighted by Gasteiger charge is -2.33. The van der Waals surface area contributed by atoms with E-state index in [2.05, 4.69) is 44.7 Å². The van der Waals surface area contributed by atoms with E-state index in [9.17, 15) is 4.79 Å². The molecule has 4 heterocycles. The molecular formula is C27H33N7O5Si. The second kappa shape index (κ2) is 12.1. The Hall–Kier alpha value is -3.94. The van der Waals surface area contributed by atoms with Crippen LogP contribution in [-0.4, -0.2) is 71.2 Å². The molecular weight excluding hydrogens is 530 g/mol. The van der Waals surface area contributed by atoms with Gasteiger partial charge in [-0.2, -0.15) is 4.98 Å². The van der Waals surface area contributed by atoms with Crippen molar-refractivity contribution in [3.63, 3.8) is 0 Å². The molecule has 40 heavy (non-hydrogen) atoms. The number of morpholine rings is 1. The first-order valence-corrected chi connectivity index (χ1v) is 16.9. The van der Waals surface area contributed by atoms with E-state index in [0.717, 1.165) is 17.2 Å². The summed E-state index contributed by atoms with van der Waals surface area (Å²) in [6, 6.07) is 10.5. The van der Waals surface area contributed by atoms with E-state index in [-0.39, 0.29) is 18.6 Å². The number of hydrogen-bond acceptors (Lipinski definition) is 11. The van der Waals surface area contributed by atoms with Gasteiger partial charge in [0.15, 0.2) is 6.79 Å². The van der Waals surface area contributed by atoms with Gasteiger partial charge >= 0.3 is 0 Å². The lowest BCUT2D eigenvalue weighted by molar-refractivity contribution is 0.0212. The molecule has 1 saturated heterocycles. The minimum Gasteiger partial charge on any atom is -0.459 e. The second-order valence-corrected chi connectivity index (χ2v) is 16.3. The molecule has 1 aliphatic heterocycles. The highest BCUT2D eigenvalue weighted by atomic mass is 28.3. The van der Waals surface area contributed by atoms with Crippen molar-refractivity contribution in [3.05, 3.63) is 64.7 Å². The highest BCUT2D eigenvalue weighted by Crippen LogP contribution is 2.29. The Labute approximate surface area is 232 Å². The molecule has 12 nitrogen and oxygen atoms in total. The van der Waals surface area contributed by atoms with Gasteiger partial charge in [0.05, 0.1) is 18.8 Å². The van der Waals surface area contributed by atoms with Gasteiger partial charge < -0.3 is 23.6 Å². The first kappa shape index (κ1) is 27.6. The molecule has 0 unspecified atom stereocenters. The maximum atomic E-state index is 13.2. The van der Waals surface area contributed by atoms with Crippen LogP contribution >= 0.6 is 0 Å². The quantitative estimate of drug-likeness (QED) is 0.171. The van der Waals surface area contributed by atoms with Crippen molar-refractivity contribution in [1.29, 1.82) is 0 Å². The van der Waals surface area contributed by atoms with E-state index < -0.39 is 13.6 Å². The highest BCUT2D eigenvalue weighted by molar-refractivity contribution is 6.76. The number of aryl methyl sites for hydroxylation is 1. The molecule has 0 bridgehead atoms. The minimum absolute atomic E-state index is 0.0499. The number of aromatic nitrogens is 6. The van der Waals surface area contributed by atoms with Crippen LogP contribution in [-0.2, 0) is 9.47 Å². The topological polar surface area (TPSA) is 141 Å². The zero-order valence-corrected chi connectivity index (χ0v) is 24.1. The molecule has 0 amide bonds. The Balaban J connectivity index is 1.34. The van der Waals surface area contributed by atoms with Crippen molar-refractivity contribution in [2.24, 2.45) is 0 Å². The fraction of sp³-hybridized carbons (Fsp3) is 0.407. The molecule has 4 aromatic rings. The molecule has 5 rings (SSSR count). The van der Waals surface area contributed by atoms with Gasteiger partial charge in [0, 0.05) is 39.9 Å². The second-order valence-electron chi connectivity index (χ2n) is 10.7. The third kappa shape index (κ3) is 6.79. The molecule has 1 fully saturated rings. The molecule has 1 N–H and O–H groups in total. The number of anilines is 1. The van der Waals surface area contributed by atoms with Gasteiger partial charge in [-0.15, -0.1) is 0 Å². The molecule has 0 radical (unpaired) electrons.